The summed E-state index contributed by atoms with van der Waals surface area (Å²) in [5.74, 6) is 0.553. The largest absolute Gasteiger partial charge is 0.271 e. The fourth-order valence-electron chi connectivity index (χ4n) is 2.06. The van der Waals surface area contributed by atoms with Crippen molar-refractivity contribution in [3.05, 3.63) is 0 Å². The first kappa shape index (κ1) is 6.71. The molecule has 2 aliphatic carbocycles. The molecule has 0 spiro atoms. The summed E-state index contributed by atoms with van der Waals surface area (Å²) in [6, 6.07) is 0. The second-order valence-corrected chi connectivity index (χ2v) is 6.03. The van der Waals surface area contributed by atoms with Crippen LogP contribution in [0.5, 0.6) is 0 Å². The lowest BCUT2D eigenvalue weighted by Gasteiger charge is -2.24. The molecule has 2 atom stereocenters. The lowest BCUT2D eigenvalue weighted by molar-refractivity contribution is 0.470. The van der Waals surface area contributed by atoms with E-state index in [0.29, 0.717) is 12.5 Å². The molecule has 0 heterocycles. The summed E-state index contributed by atoms with van der Waals surface area (Å²) in [7, 11) is -2.69. The second-order valence-electron chi connectivity index (χ2n) is 3.41. The first-order valence-electron chi connectivity index (χ1n) is 3.85. The molecule has 0 aliphatic heterocycles. The zero-order chi connectivity index (χ0) is 7.41. The summed E-state index contributed by atoms with van der Waals surface area (Å²) < 4.78 is 22.5. The number of hydrogen-bond acceptors (Lipinski definition) is 2. The van der Waals surface area contributed by atoms with Crippen molar-refractivity contribution in [1.82, 2.24) is 0 Å². The van der Waals surface area contributed by atoms with Crippen LogP contribution in [-0.4, -0.2) is 19.7 Å². The first-order valence-corrected chi connectivity index (χ1v) is 5.50. The maximum Gasteiger partial charge on any atom is 0.271 e. The predicted octanol–water partition coefficient (Wildman–Crippen LogP) is 0.353. The third-order valence-corrected chi connectivity index (χ3v) is 5.79. The molecule has 0 aromatic carbocycles. The highest BCUT2D eigenvalue weighted by molar-refractivity contribution is 8.16. The molecule has 2 fully saturated rings. The van der Waals surface area contributed by atoms with Gasteiger partial charge in [0.25, 0.3) is 6.56 Å². The van der Waals surface area contributed by atoms with Gasteiger partial charge in [-0.05, 0) is 25.2 Å². The molecular formula is C6H11BO2S. The number of rotatable bonds is 2. The van der Waals surface area contributed by atoms with Gasteiger partial charge in [-0.3, -0.25) is 0 Å². The van der Waals surface area contributed by atoms with Gasteiger partial charge < -0.3 is 0 Å². The van der Waals surface area contributed by atoms with Crippen molar-refractivity contribution in [2.75, 3.05) is 0 Å². The van der Waals surface area contributed by atoms with Crippen LogP contribution in [0.25, 0.3) is 0 Å². The molecule has 2 aliphatic rings. The van der Waals surface area contributed by atoms with Crippen molar-refractivity contribution < 1.29 is 8.42 Å². The van der Waals surface area contributed by atoms with Crippen molar-refractivity contribution in [3.63, 3.8) is 0 Å². The van der Waals surface area contributed by atoms with E-state index in [1.165, 1.54) is 0 Å². The van der Waals surface area contributed by atoms with Crippen molar-refractivity contribution in [1.29, 1.82) is 0 Å². The minimum atomic E-state index is -2.69. The van der Waals surface area contributed by atoms with Crippen LogP contribution in [0, 0.1) is 5.92 Å². The van der Waals surface area contributed by atoms with E-state index in [-0.39, 0.29) is 4.75 Å². The second kappa shape index (κ2) is 1.60. The smallest absolute Gasteiger partial charge is 0.241 e. The standard InChI is InChI=1S/C6H11BO2S/c1-7-10(8,9)6-3-2-5(6)4-6/h5,7H,2-4H2,1H3. The highest BCUT2D eigenvalue weighted by Crippen LogP contribution is 2.64. The van der Waals surface area contributed by atoms with E-state index < -0.39 is 9.69 Å². The zero-order valence-corrected chi connectivity index (χ0v) is 6.95. The molecule has 0 saturated heterocycles. The summed E-state index contributed by atoms with van der Waals surface area (Å²) in [5.41, 5.74) is 0. The minimum absolute atomic E-state index is 0.193. The van der Waals surface area contributed by atoms with Crippen LogP contribution in [0.2, 0.25) is 6.82 Å². The summed E-state index contributed by atoms with van der Waals surface area (Å²) >= 11 is 0. The average Bonchev–Trinajstić information content (AvgIpc) is 2.37. The Morgan fingerprint density at radius 2 is 2.30 bits per heavy atom. The van der Waals surface area contributed by atoms with Crippen molar-refractivity contribution in [2.24, 2.45) is 5.92 Å². The Balaban J connectivity index is 2.28. The highest BCUT2D eigenvalue weighted by atomic mass is 32.2. The van der Waals surface area contributed by atoms with Gasteiger partial charge in [0.05, 0.1) is 4.75 Å². The molecule has 2 rings (SSSR count). The van der Waals surface area contributed by atoms with Crippen LogP contribution in [-0.2, 0) is 9.69 Å². The third kappa shape index (κ3) is 0.540. The Hall–Kier alpha value is 0.0149. The van der Waals surface area contributed by atoms with Gasteiger partial charge in [-0.2, -0.15) is 0 Å². The van der Waals surface area contributed by atoms with Gasteiger partial charge in [0.1, 0.15) is 9.69 Å². The molecular weight excluding hydrogens is 147 g/mol. The van der Waals surface area contributed by atoms with Crippen LogP contribution in [0.15, 0.2) is 0 Å². The molecule has 4 heteroatoms. The van der Waals surface area contributed by atoms with E-state index in [4.69, 9.17) is 0 Å². The number of fused-ring (bicyclic) bond motifs is 1. The van der Waals surface area contributed by atoms with E-state index in [9.17, 15) is 8.42 Å². The Kier molecular flexibility index (Phi) is 1.07. The molecule has 0 radical (unpaired) electrons. The van der Waals surface area contributed by atoms with E-state index in [1.54, 1.807) is 6.82 Å². The Morgan fingerprint density at radius 3 is 2.40 bits per heavy atom. The monoisotopic (exact) mass is 158 g/mol. The molecule has 2 saturated carbocycles. The summed E-state index contributed by atoms with van der Waals surface area (Å²) in [4.78, 5) is 0. The van der Waals surface area contributed by atoms with E-state index in [2.05, 4.69) is 0 Å². The molecule has 0 N–H and O–H groups in total. The van der Waals surface area contributed by atoms with Gasteiger partial charge in [-0.25, -0.2) is 8.42 Å². The van der Waals surface area contributed by atoms with Gasteiger partial charge >= 0.3 is 0 Å². The van der Waals surface area contributed by atoms with Crippen molar-refractivity contribution in [3.8, 4) is 0 Å². The van der Waals surface area contributed by atoms with Crippen LogP contribution in [0.3, 0.4) is 0 Å². The summed E-state index contributed by atoms with van der Waals surface area (Å²) in [6.07, 6.45) is 3.05. The van der Waals surface area contributed by atoms with E-state index in [0.717, 1.165) is 19.3 Å². The molecule has 0 aromatic heterocycles. The Morgan fingerprint density at radius 1 is 1.60 bits per heavy atom. The summed E-state index contributed by atoms with van der Waals surface area (Å²) in [5, 5.41) is 0. The van der Waals surface area contributed by atoms with Crippen molar-refractivity contribution >= 4 is 16.2 Å². The van der Waals surface area contributed by atoms with Gasteiger partial charge in [0, 0.05) is 0 Å². The molecule has 2 nitrogen and oxygen atoms in total. The Bertz CT molecular complexity index is 255. The fraction of sp³-hybridized carbons (Fsp3) is 1.00. The first-order chi connectivity index (χ1) is 4.62. The van der Waals surface area contributed by atoms with E-state index >= 15 is 0 Å². The molecule has 2 unspecified atom stereocenters. The van der Waals surface area contributed by atoms with Gasteiger partial charge in [-0.15, -0.1) is 0 Å². The lowest BCUT2D eigenvalue weighted by Crippen LogP contribution is -2.34. The average molecular weight is 158 g/mol. The van der Waals surface area contributed by atoms with E-state index in [1.807, 2.05) is 0 Å². The normalized spacial score (nSPS) is 43.5. The maximum atomic E-state index is 11.3. The van der Waals surface area contributed by atoms with Gasteiger partial charge in [0.15, 0.2) is 0 Å². The molecule has 56 valence electrons. The number of hydrogen-bond donors (Lipinski definition) is 0. The predicted molar refractivity (Wildman–Crippen MR) is 42.0 cm³/mol. The molecule has 0 bridgehead atoms. The van der Waals surface area contributed by atoms with Gasteiger partial charge in [-0.1, -0.05) is 6.82 Å². The lowest BCUT2D eigenvalue weighted by atomic mass is 10.00. The summed E-state index contributed by atoms with van der Waals surface area (Å²) in [6.45, 7) is 2.08. The van der Waals surface area contributed by atoms with Crippen molar-refractivity contribution in [2.45, 2.75) is 30.8 Å². The molecule has 0 aromatic rings. The fourth-order valence-corrected chi connectivity index (χ4v) is 4.14. The zero-order valence-electron chi connectivity index (χ0n) is 6.13. The topological polar surface area (TPSA) is 34.1 Å². The van der Waals surface area contributed by atoms with Crippen LogP contribution >= 0.6 is 0 Å². The Labute approximate surface area is 62.1 Å². The highest BCUT2D eigenvalue weighted by Gasteiger charge is 2.67. The molecule has 10 heavy (non-hydrogen) atoms. The van der Waals surface area contributed by atoms with Crippen LogP contribution in [0.1, 0.15) is 19.3 Å². The van der Waals surface area contributed by atoms with Crippen LogP contribution in [0.4, 0.5) is 0 Å². The third-order valence-electron chi connectivity index (χ3n) is 3.09. The maximum absolute atomic E-state index is 11.3. The SMILES string of the molecule is CBS(=O)(=O)C12CCC1C2. The minimum Gasteiger partial charge on any atom is -0.241 e. The quantitative estimate of drug-likeness (QED) is 0.543. The van der Waals surface area contributed by atoms with Crippen LogP contribution < -0.4 is 0 Å². The molecule has 0 amide bonds. The van der Waals surface area contributed by atoms with Gasteiger partial charge in [0.2, 0.25) is 0 Å².